The number of nitrogens with zero attached hydrogens (tertiary/aromatic N) is 3. The minimum Gasteiger partial charge on any atom is -0.341 e. The molecule has 1 aliphatic heterocycles. The van der Waals surface area contributed by atoms with Crippen molar-refractivity contribution >= 4 is 5.95 Å². The maximum atomic E-state index is 14.4. The first-order valence-electron chi connectivity index (χ1n) is 9.83. The Hall–Kier alpha value is -2.01. The van der Waals surface area contributed by atoms with Gasteiger partial charge in [0, 0.05) is 48.7 Å². The molecule has 1 saturated carbocycles. The first-order valence-corrected chi connectivity index (χ1v) is 9.83. The van der Waals surface area contributed by atoms with Gasteiger partial charge >= 0.3 is 0 Å². The van der Waals surface area contributed by atoms with Crippen LogP contribution >= 0.6 is 0 Å². The summed E-state index contributed by atoms with van der Waals surface area (Å²) in [6.45, 7) is 2.76. The summed E-state index contributed by atoms with van der Waals surface area (Å²) in [7, 11) is 0. The molecule has 1 aliphatic carbocycles. The zero-order chi connectivity index (χ0) is 17.8. The highest BCUT2D eigenvalue weighted by molar-refractivity contribution is 5.31. The van der Waals surface area contributed by atoms with Crippen molar-refractivity contribution in [3.05, 3.63) is 53.6 Å². The van der Waals surface area contributed by atoms with Gasteiger partial charge in [0.2, 0.25) is 5.95 Å². The highest BCUT2D eigenvalue weighted by Crippen LogP contribution is 2.40. The third kappa shape index (κ3) is 3.58. The van der Waals surface area contributed by atoms with Crippen LogP contribution in [-0.2, 0) is 12.1 Å². The van der Waals surface area contributed by atoms with E-state index in [1.54, 1.807) is 12.1 Å². The maximum Gasteiger partial charge on any atom is 0.225 e. The average Bonchev–Trinajstić information content (AvgIpc) is 3.18. The molecule has 0 unspecified atom stereocenters. The highest BCUT2D eigenvalue weighted by atomic mass is 19.1. The lowest BCUT2D eigenvalue weighted by molar-refractivity contribution is 0.325. The van der Waals surface area contributed by atoms with E-state index >= 15 is 0 Å². The van der Waals surface area contributed by atoms with E-state index in [0.29, 0.717) is 6.54 Å². The van der Waals surface area contributed by atoms with Crippen LogP contribution in [-0.4, -0.2) is 23.1 Å². The molecule has 0 amide bonds. The Morgan fingerprint density at radius 3 is 2.35 bits per heavy atom. The normalized spacial score (nSPS) is 19.7. The first kappa shape index (κ1) is 17.4. The summed E-state index contributed by atoms with van der Waals surface area (Å²) in [4.78, 5) is 11.4. The monoisotopic (exact) mass is 354 g/mol. The molecule has 4 nitrogen and oxygen atoms in total. The van der Waals surface area contributed by atoms with E-state index in [4.69, 9.17) is 0 Å². The number of anilines is 1. The van der Waals surface area contributed by atoms with Gasteiger partial charge in [0.25, 0.3) is 0 Å². The Balaban J connectivity index is 1.46. The van der Waals surface area contributed by atoms with Crippen LogP contribution in [0.3, 0.4) is 0 Å². The molecule has 26 heavy (non-hydrogen) atoms. The lowest BCUT2D eigenvalue weighted by Crippen LogP contribution is -2.40. The van der Waals surface area contributed by atoms with Gasteiger partial charge in [0.1, 0.15) is 5.82 Å². The van der Waals surface area contributed by atoms with Crippen LogP contribution in [0.2, 0.25) is 0 Å². The van der Waals surface area contributed by atoms with Gasteiger partial charge in [0.05, 0.1) is 0 Å². The Labute approximate surface area is 154 Å². The summed E-state index contributed by atoms with van der Waals surface area (Å²) >= 11 is 0. The fourth-order valence-corrected chi connectivity index (χ4v) is 4.34. The Morgan fingerprint density at radius 2 is 1.65 bits per heavy atom. The molecule has 1 aromatic heterocycles. The van der Waals surface area contributed by atoms with Gasteiger partial charge in [-0.05, 0) is 38.2 Å². The number of piperidine rings is 1. The lowest BCUT2D eigenvalue weighted by Gasteiger charge is -2.31. The summed E-state index contributed by atoms with van der Waals surface area (Å²) in [6.07, 6.45) is 11.8. The molecule has 2 heterocycles. The van der Waals surface area contributed by atoms with Crippen molar-refractivity contribution in [3.63, 3.8) is 0 Å². The SMILES string of the molecule is Fc1ccccc1C1(NCc2cnc(N3CCCCC3)nc2)CCCC1. The van der Waals surface area contributed by atoms with Crippen molar-refractivity contribution in [3.8, 4) is 0 Å². The van der Waals surface area contributed by atoms with Crippen molar-refractivity contribution in [2.24, 2.45) is 0 Å². The largest absolute Gasteiger partial charge is 0.341 e. The number of rotatable bonds is 5. The Morgan fingerprint density at radius 1 is 0.962 bits per heavy atom. The van der Waals surface area contributed by atoms with Crippen molar-refractivity contribution in [2.75, 3.05) is 18.0 Å². The molecule has 4 rings (SSSR count). The Bertz CT molecular complexity index is 719. The summed E-state index contributed by atoms with van der Waals surface area (Å²) in [5.74, 6) is 0.719. The van der Waals surface area contributed by atoms with Gasteiger partial charge in [0.15, 0.2) is 0 Å². The van der Waals surface area contributed by atoms with Crippen molar-refractivity contribution in [1.29, 1.82) is 0 Å². The van der Waals surface area contributed by atoms with Gasteiger partial charge < -0.3 is 10.2 Å². The average molecular weight is 354 g/mol. The van der Waals surface area contributed by atoms with Crippen LogP contribution in [0.15, 0.2) is 36.7 Å². The van der Waals surface area contributed by atoms with E-state index in [9.17, 15) is 4.39 Å². The molecular formula is C21H27FN4. The summed E-state index contributed by atoms with van der Waals surface area (Å²) in [5, 5.41) is 3.63. The second-order valence-electron chi connectivity index (χ2n) is 7.56. The van der Waals surface area contributed by atoms with E-state index in [1.807, 2.05) is 24.5 Å². The first-order chi connectivity index (χ1) is 12.8. The van der Waals surface area contributed by atoms with Gasteiger partial charge in [-0.2, -0.15) is 0 Å². The molecular weight excluding hydrogens is 327 g/mol. The topological polar surface area (TPSA) is 41.1 Å². The van der Waals surface area contributed by atoms with E-state index < -0.39 is 0 Å². The molecule has 0 atom stereocenters. The fraction of sp³-hybridized carbons (Fsp3) is 0.524. The summed E-state index contributed by atoms with van der Waals surface area (Å²) < 4.78 is 14.4. The third-order valence-electron chi connectivity index (χ3n) is 5.81. The van der Waals surface area contributed by atoms with Gasteiger partial charge in [-0.15, -0.1) is 0 Å². The molecule has 2 fully saturated rings. The predicted molar refractivity (Wildman–Crippen MR) is 101 cm³/mol. The molecule has 2 aliphatic rings. The minimum atomic E-state index is -0.267. The zero-order valence-electron chi connectivity index (χ0n) is 15.3. The van der Waals surface area contributed by atoms with Crippen LogP contribution in [0.5, 0.6) is 0 Å². The Kier molecular flexibility index (Phi) is 5.16. The van der Waals surface area contributed by atoms with Crippen LogP contribution in [0.1, 0.15) is 56.1 Å². The van der Waals surface area contributed by atoms with Gasteiger partial charge in [-0.1, -0.05) is 31.0 Å². The van der Waals surface area contributed by atoms with Gasteiger partial charge in [-0.3, -0.25) is 0 Å². The summed E-state index contributed by atoms with van der Waals surface area (Å²) in [6, 6.07) is 7.17. The van der Waals surface area contributed by atoms with E-state index in [0.717, 1.165) is 55.8 Å². The second kappa shape index (κ2) is 7.70. The van der Waals surface area contributed by atoms with Crippen molar-refractivity contribution in [1.82, 2.24) is 15.3 Å². The molecule has 1 N–H and O–H groups in total. The van der Waals surface area contributed by atoms with Crippen LogP contribution in [0.4, 0.5) is 10.3 Å². The molecule has 1 saturated heterocycles. The van der Waals surface area contributed by atoms with Crippen LogP contribution in [0.25, 0.3) is 0 Å². The fourth-order valence-electron chi connectivity index (χ4n) is 4.34. The molecule has 0 spiro atoms. The zero-order valence-corrected chi connectivity index (χ0v) is 15.3. The number of halogens is 1. The molecule has 0 radical (unpaired) electrons. The number of nitrogens with one attached hydrogen (secondary N) is 1. The minimum absolute atomic E-state index is 0.112. The second-order valence-corrected chi connectivity index (χ2v) is 7.56. The molecule has 5 heteroatoms. The molecule has 0 bridgehead atoms. The van der Waals surface area contributed by atoms with E-state index in [2.05, 4.69) is 20.2 Å². The number of benzene rings is 1. The molecule has 138 valence electrons. The quantitative estimate of drug-likeness (QED) is 0.875. The van der Waals surface area contributed by atoms with Crippen molar-refractivity contribution < 1.29 is 4.39 Å². The van der Waals surface area contributed by atoms with E-state index in [1.165, 1.54) is 19.3 Å². The number of aromatic nitrogens is 2. The number of hydrogen-bond acceptors (Lipinski definition) is 4. The highest BCUT2D eigenvalue weighted by Gasteiger charge is 2.37. The van der Waals surface area contributed by atoms with Crippen LogP contribution < -0.4 is 10.2 Å². The maximum absolute atomic E-state index is 14.4. The van der Waals surface area contributed by atoms with Crippen LogP contribution in [0, 0.1) is 5.82 Å². The molecule has 2 aromatic rings. The van der Waals surface area contributed by atoms with Gasteiger partial charge in [-0.25, -0.2) is 14.4 Å². The number of hydrogen-bond donors (Lipinski definition) is 1. The molecule has 1 aromatic carbocycles. The lowest BCUT2D eigenvalue weighted by atomic mass is 9.87. The van der Waals surface area contributed by atoms with E-state index in [-0.39, 0.29) is 11.4 Å². The summed E-state index contributed by atoms with van der Waals surface area (Å²) in [5.41, 5.74) is 1.58. The van der Waals surface area contributed by atoms with Crippen molar-refractivity contribution in [2.45, 2.75) is 57.0 Å². The predicted octanol–water partition coefficient (Wildman–Crippen LogP) is 4.17. The standard InChI is InChI=1S/C21H27FN4/c22-19-9-3-2-8-18(19)21(10-4-5-11-21)25-16-17-14-23-20(24-15-17)26-12-6-1-7-13-26/h2-3,8-9,14-15,25H,1,4-7,10-13,16H2. The third-order valence-corrected chi connectivity index (χ3v) is 5.81. The smallest absolute Gasteiger partial charge is 0.225 e.